The first-order valence-electron chi connectivity index (χ1n) is 11.3. The molecule has 4 nitrogen and oxygen atoms in total. The first kappa shape index (κ1) is 26.0. The summed E-state index contributed by atoms with van der Waals surface area (Å²) in [6.45, 7) is 7.33. The molecule has 1 saturated heterocycles. The van der Waals surface area contributed by atoms with Crippen LogP contribution in [0.2, 0.25) is 15.1 Å². The Balaban J connectivity index is 1.57. The number of allylic oxidation sites excluding steroid dienone is 4. The Labute approximate surface area is 227 Å². The van der Waals surface area contributed by atoms with Crippen molar-refractivity contribution in [3.63, 3.8) is 0 Å². The van der Waals surface area contributed by atoms with E-state index in [1.54, 1.807) is 10.9 Å². The van der Waals surface area contributed by atoms with E-state index in [1.807, 2.05) is 19.2 Å². The lowest BCUT2D eigenvalue weighted by atomic mass is 9.81. The van der Waals surface area contributed by atoms with Crippen LogP contribution in [0.4, 0.5) is 0 Å². The number of nitrogens with one attached hydrogen (secondary N) is 1. The first-order valence-corrected chi connectivity index (χ1v) is 13.2. The van der Waals surface area contributed by atoms with Gasteiger partial charge < -0.3 is 5.32 Å². The van der Waals surface area contributed by atoms with Crippen molar-refractivity contribution in [2.24, 2.45) is 7.05 Å². The fourth-order valence-electron chi connectivity index (χ4n) is 4.90. The molecular formula is C25H28Cl4N4S. The molecule has 2 aromatic rings. The highest BCUT2D eigenvalue weighted by Crippen LogP contribution is 2.41. The van der Waals surface area contributed by atoms with E-state index in [4.69, 9.17) is 59.2 Å². The summed E-state index contributed by atoms with van der Waals surface area (Å²) in [7, 11) is 1.86. The Morgan fingerprint density at radius 3 is 2.62 bits per heavy atom. The molecule has 3 atom stereocenters. The summed E-state index contributed by atoms with van der Waals surface area (Å²) >= 11 is 30.4. The van der Waals surface area contributed by atoms with Crippen molar-refractivity contribution < 1.29 is 0 Å². The van der Waals surface area contributed by atoms with Crippen LogP contribution < -0.4 is 5.32 Å². The molecule has 0 spiro atoms. The van der Waals surface area contributed by atoms with Crippen LogP contribution in [-0.2, 0) is 7.05 Å². The predicted octanol–water partition coefficient (Wildman–Crippen LogP) is 7.64. The van der Waals surface area contributed by atoms with Crippen molar-refractivity contribution in [2.75, 3.05) is 6.54 Å². The molecule has 0 amide bonds. The van der Waals surface area contributed by atoms with Gasteiger partial charge in [0.1, 0.15) is 0 Å². The van der Waals surface area contributed by atoms with Gasteiger partial charge in [0.25, 0.3) is 0 Å². The topological polar surface area (TPSA) is 33.1 Å². The fraction of sp³-hybridized carbons (Fsp3) is 0.400. The van der Waals surface area contributed by atoms with Gasteiger partial charge >= 0.3 is 0 Å². The molecule has 34 heavy (non-hydrogen) atoms. The van der Waals surface area contributed by atoms with Crippen molar-refractivity contribution >= 4 is 64.8 Å². The SMILES string of the molecule is C=C(NC1CN(S)C(CCC)C[C@H]1c1ccc(Cl)c(Cl)c1)C1=CC(c2c(Cl)cnn2C)=C(Cl)C1. The molecule has 9 heteroatoms. The van der Waals surface area contributed by atoms with Gasteiger partial charge in [-0.1, -0.05) is 85.2 Å². The van der Waals surface area contributed by atoms with Crippen LogP contribution in [0, 0.1) is 0 Å². The standard InChI is InChI=1S/C25H28Cl4N4S/c1-4-5-17-11-18(15-6-7-20(26)22(28)9-15)24(13-33(17)34)31-14(2)16-8-19(21(27)10-16)25-23(29)12-30-32(25)3/h6-9,12,17-18,24,31,34H,2,4-5,10-11,13H2,1,3H3/t17?,18-,24?/m0/s1. The Bertz CT molecular complexity index is 1140. The third-order valence-electron chi connectivity index (χ3n) is 6.66. The van der Waals surface area contributed by atoms with Crippen LogP contribution in [0.5, 0.6) is 0 Å². The summed E-state index contributed by atoms with van der Waals surface area (Å²) in [6.07, 6.45) is 7.44. The Morgan fingerprint density at radius 2 is 1.97 bits per heavy atom. The minimum Gasteiger partial charge on any atom is -0.381 e. The molecule has 0 saturated carbocycles. The summed E-state index contributed by atoms with van der Waals surface area (Å²) in [4.78, 5) is 0. The van der Waals surface area contributed by atoms with Gasteiger partial charge in [-0.05, 0) is 42.2 Å². The number of thiol groups is 1. The zero-order valence-corrected chi connectivity index (χ0v) is 23.1. The number of halogens is 4. The molecule has 1 N–H and O–H groups in total. The molecule has 2 heterocycles. The third-order valence-corrected chi connectivity index (χ3v) is 8.51. The van der Waals surface area contributed by atoms with E-state index in [2.05, 4.69) is 40.4 Å². The van der Waals surface area contributed by atoms with E-state index in [-0.39, 0.29) is 12.0 Å². The van der Waals surface area contributed by atoms with E-state index in [9.17, 15) is 0 Å². The van der Waals surface area contributed by atoms with Gasteiger partial charge in [0, 0.05) is 54.3 Å². The van der Waals surface area contributed by atoms with E-state index < -0.39 is 0 Å². The molecule has 0 radical (unpaired) electrons. The number of benzene rings is 1. The second kappa shape index (κ2) is 10.9. The van der Waals surface area contributed by atoms with Gasteiger partial charge in [-0.15, -0.1) is 0 Å². The Kier molecular flexibility index (Phi) is 8.33. The summed E-state index contributed by atoms with van der Waals surface area (Å²) in [5.41, 5.74) is 4.74. The Hall–Kier alpha value is -1.08. The van der Waals surface area contributed by atoms with Gasteiger partial charge in [-0.3, -0.25) is 4.68 Å². The van der Waals surface area contributed by atoms with Gasteiger partial charge in [0.2, 0.25) is 0 Å². The largest absolute Gasteiger partial charge is 0.381 e. The highest BCUT2D eigenvalue weighted by molar-refractivity contribution is 7.77. The summed E-state index contributed by atoms with van der Waals surface area (Å²) < 4.78 is 3.89. The maximum Gasteiger partial charge on any atom is 0.0877 e. The average Bonchev–Trinajstić information content (AvgIpc) is 3.33. The molecular weight excluding hydrogens is 530 g/mol. The van der Waals surface area contributed by atoms with Crippen molar-refractivity contribution in [1.82, 2.24) is 19.4 Å². The minimum atomic E-state index is 0.0966. The Morgan fingerprint density at radius 1 is 1.21 bits per heavy atom. The van der Waals surface area contributed by atoms with Crippen LogP contribution in [-0.4, -0.2) is 32.7 Å². The van der Waals surface area contributed by atoms with Gasteiger partial charge in [-0.25, -0.2) is 4.31 Å². The monoisotopic (exact) mass is 556 g/mol. The van der Waals surface area contributed by atoms with E-state index in [0.717, 1.165) is 53.4 Å². The molecule has 1 aliphatic heterocycles. The maximum absolute atomic E-state index is 6.64. The molecule has 1 fully saturated rings. The molecule has 2 aliphatic rings. The molecule has 1 aliphatic carbocycles. The molecule has 1 aromatic carbocycles. The second-order valence-corrected chi connectivity index (χ2v) is 11.1. The molecule has 0 bridgehead atoms. The smallest absolute Gasteiger partial charge is 0.0877 e. The zero-order valence-electron chi connectivity index (χ0n) is 19.2. The van der Waals surface area contributed by atoms with Crippen LogP contribution in [0.3, 0.4) is 0 Å². The number of piperidine rings is 1. The second-order valence-electron chi connectivity index (χ2n) is 8.94. The molecule has 182 valence electrons. The van der Waals surface area contributed by atoms with Gasteiger partial charge in [0.15, 0.2) is 0 Å². The zero-order chi connectivity index (χ0) is 24.6. The predicted molar refractivity (Wildman–Crippen MR) is 148 cm³/mol. The average molecular weight is 558 g/mol. The quantitative estimate of drug-likeness (QED) is 0.343. The highest BCUT2D eigenvalue weighted by Gasteiger charge is 2.36. The highest BCUT2D eigenvalue weighted by atomic mass is 35.5. The number of hydrogen-bond acceptors (Lipinski definition) is 4. The van der Waals surface area contributed by atoms with E-state index in [0.29, 0.717) is 27.5 Å². The fourth-order valence-corrected chi connectivity index (χ4v) is 6.15. The third kappa shape index (κ3) is 5.35. The molecule has 2 unspecified atom stereocenters. The maximum atomic E-state index is 6.64. The van der Waals surface area contributed by atoms with Crippen LogP contribution >= 0.6 is 59.2 Å². The lowest BCUT2D eigenvalue weighted by molar-refractivity contribution is 0.201. The molecule has 1 aromatic heterocycles. The van der Waals surface area contributed by atoms with Crippen molar-refractivity contribution in [2.45, 2.75) is 50.6 Å². The lowest BCUT2D eigenvalue weighted by Gasteiger charge is -2.43. The molecule has 4 rings (SSSR count). The normalized spacial score (nSPS) is 23.4. The number of hydrogen-bond donors (Lipinski definition) is 2. The van der Waals surface area contributed by atoms with Crippen molar-refractivity contribution in [3.05, 3.63) is 79.7 Å². The van der Waals surface area contributed by atoms with E-state index in [1.165, 1.54) is 5.56 Å². The van der Waals surface area contributed by atoms with Gasteiger partial charge in [-0.2, -0.15) is 5.10 Å². The van der Waals surface area contributed by atoms with Gasteiger partial charge in [0.05, 0.1) is 27.0 Å². The minimum absolute atomic E-state index is 0.0966. The van der Waals surface area contributed by atoms with Crippen molar-refractivity contribution in [1.29, 1.82) is 0 Å². The number of rotatable bonds is 7. The first-order chi connectivity index (χ1) is 16.2. The lowest BCUT2D eigenvalue weighted by Crippen LogP contribution is -2.50. The van der Waals surface area contributed by atoms with Crippen LogP contribution in [0.15, 0.2) is 53.4 Å². The summed E-state index contributed by atoms with van der Waals surface area (Å²) in [5, 5.41) is 10.4. The van der Waals surface area contributed by atoms with Crippen LogP contribution in [0.25, 0.3) is 5.57 Å². The summed E-state index contributed by atoms with van der Waals surface area (Å²) in [6, 6.07) is 6.42. The number of aromatic nitrogens is 2. The number of nitrogens with zero attached hydrogens (tertiary/aromatic N) is 3. The number of aryl methyl sites for hydroxylation is 1. The summed E-state index contributed by atoms with van der Waals surface area (Å²) in [5.74, 6) is 0.239. The van der Waals surface area contributed by atoms with Crippen molar-refractivity contribution in [3.8, 4) is 0 Å². The van der Waals surface area contributed by atoms with E-state index >= 15 is 0 Å². The van der Waals surface area contributed by atoms with Crippen LogP contribution in [0.1, 0.15) is 49.8 Å².